The summed E-state index contributed by atoms with van der Waals surface area (Å²) in [6.07, 6.45) is 11.8. The van der Waals surface area contributed by atoms with Crippen molar-refractivity contribution in [2.75, 3.05) is 33.3 Å². The maximum atomic E-state index is 10.4. The van der Waals surface area contributed by atoms with Crippen LogP contribution in [0.1, 0.15) is 37.3 Å². The van der Waals surface area contributed by atoms with E-state index in [1.807, 2.05) is 12.4 Å². The number of aliphatic hydroxyl groups excluding tert-OH is 1. The minimum Gasteiger partial charge on any atom is -0.542 e. The molecule has 1 amide bonds. The molecule has 2 radical (unpaired) electrons. The second-order valence-corrected chi connectivity index (χ2v) is 11.7. The van der Waals surface area contributed by atoms with Crippen molar-refractivity contribution in [3.05, 3.63) is 159 Å². The molecule has 0 saturated heterocycles. The largest absolute Gasteiger partial charge is 0.542 e. The van der Waals surface area contributed by atoms with Gasteiger partial charge in [-0.1, -0.05) is 129 Å². The molecule has 0 heterocycles. The summed E-state index contributed by atoms with van der Waals surface area (Å²) in [5, 5.41) is 20.6. The normalized spacial score (nSPS) is 9.57. The molecule has 0 spiro atoms. The van der Waals surface area contributed by atoms with Gasteiger partial charge in [0.15, 0.2) is 0 Å². The number of fused-ring (bicyclic) bond motifs is 4. The van der Waals surface area contributed by atoms with E-state index in [0.29, 0.717) is 19.5 Å². The molecule has 7 heteroatoms. The number of unbranched alkanes of at least 4 members (excludes halogenated alkanes) is 1. The van der Waals surface area contributed by atoms with Gasteiger partial charge in [-0.2, -0.15) is 12.8 Å². The van der Waals surface area contributed by atoms with Crippen molar-refractivity contribution in [2.45, 2.75) is 39.0 Å². The van der Waals surface area contributed by atoms with Gasteiger partial charge in [-0.15, -0.1) is 26.2 Å². The number of rotatable bonds is 13. The molecule has 0 fully saturated rings. The number of hydrogen-bond acceptors (Lipinski definition) is 4. The molecule has 54 heavy (non-hydrogen) atoms. The molecule has 0 aliphatic heterocycles. The predicted octanol–water partition coefficient (Wildman–Crippen LogP) is 9.95. The number of hydrogen-bond donors (Lipinski definition) is 2. The number of benzene rings is 6. The van der Waals surface area contributed by atoms with Gasteiger partial charge in [-0.25, -0.2) is 0 Å². The molecule has 6 rings (SSSR count). The number of amides is 1. The molecule has 2 N–H and O–H groups in total. The van der Waals surface area contributed by atoms with Gasteiger partial charge in [0.25, 0.3) is 0 Å². The van der Waals surface area contributed by atoms with E-state index >= 15 is 0 Å². The molecule has 0 saturated carbocycles. The van der Waals surface area contributed by atoms with Crippen molar-refractivity contribution >= 4 is 55.8 Å². The fourth-order valence-corrected chi connectivity index (χ4v) is 5.88. The van der Waals surface area contributed by atoms with Crippen LogP contribution in [0.15, 0.2) is 135 Å². The van der Waals surface area contributed by atoms with Crippen LogP contribution in [0, 0.1) is 13.8 Å². The maximum absolute atomic E-state index is 10.4. The molecule has 0 aliphatic rings. The first-order chi connectivity index (χ1) is 25.6. The Balaban J connectivity index is 0.000000736. The fraction of sp³-hybridized carbons (Fsp3) is 0.234. The van der Waals surface area contributed by atoms with Crippen LogP contribution < -0.4 is 5.32 Å². The Kier molecular flexibility index (Phi) is 29.6. The third-order valence-corrected chi connectivity index (χ3v) is 8.19. The van der Waals surface area contributed by atoms with E-state index < -0.39 is 0 Å². The number of nitrogens with one attached hydrogen (secondary N) is 1. The molecular formula is C47H54N2O3Y2-4. The van der Waals surface area contributed by atoms with Gasteiger partial charge < -0.3 is 38.8 Å². The Labute approximate surface area is 374 Å². The second kappa shape index (κ2) is 31.3. The Bertz CT molecular complexity index is 1850. The minimum atomic E-state index is 0. The molecular weight excluding hydrogens is 818 g/mol. The van der Waals surface area contributed by atoms with Crippen molar-refractivity contribution in [3.8, 4) is 0 Å². The summed E-state index contributed by atoms with van der Waals surface area (Å²) in [5.74, 6) is 0. The van der Waals surface area contributed by atoms with Gasteiger partial charge in [0.1, 0.15) is 0 Å². The average Bonchev–Trinajstić information content (AvgIpc) is 3.20. The van der Waals surface area contributed by atoms with Crippen molar-refractivity contribution < 1.29 is 80.1 Å². The van der Waals surface area contributed by atoms with Gasteiger partial charge in [0.05, 0.1) is 0 Å². The zero-order chi connectivity index (χ0) is 38.0. The summed E-state index contributed by atoms with van der Waals surface area (Å²) in [4.78, 5) is 21.6. The summed E-state index contributed by atoms with van der Waals surface area (Å²) in [6.45, 7) is 18.9. The topological polar surface area (TPSA) is 69.6 Å². The number of carbonyl (C=O) groups excluding carboxylic acids is 2. The molecule has 6 aromatic rings. The quantitative estimate of drug-likeness (QED) is 0.0399. The fourth-order valence-electron chi connectivity index (χ4n) is 5.88. The molecule has 0 unspecified atom stereocenters. The summed E-state index contributed by atoms with van der Waals surface area (Å²) < 4.78 is 0. The SMILES string of the molecule is C=CCN([C-]=O)C[CH2-].C=CCNC[CH2-].CCCc1c2ccccc2cc2ccccc12.CO.O=[C-]CCCc1c2ccccc2cc2ccccc12.[Y].[Y]. The Morgan fingerprint density at radius 3 is 1.37 bits per heavy atom. The van der Waals surface area contributed by atoms with Gasteiger partial charge in [-0.3, -0.25) is 6.29 Å². The standard InChI is InChI=1S/C18H15O.C17H16.C6H9NO.C5H10N.CH4O.2Y/c19-12-6-5-11-18-16-9-3-1-7-14(16)13-15-8-2-4-10-17(15)18;1-2-7-17-15-10-5-3-8-13(15)12-14-9-4-6-11-16(14)17;1-3-5-7(4-2)6-8;1-3-5-6-4-2;1-2;;/h1-4,7-10,13H,5-6,11H2;3-6,8-12H,2,7H2,1H3;3H,1-2,4-5H2;3,6H,1-2,4-5H2;2H,1H3;;/q-1;;-2;-1;;;. The van der Waals surface area contributed by atoms with Crippen LogP contribution >= 0.6 is 0 Å². The van der Waals surface area contributed by atoms with E-state index in [0.717, 1.165) is 39.5 Å². The Morgan fingerprint density at radius 1 is 0.685 bits per heavy atom. The molecule has 0 bridgehead atoms. The molecule has 6 aromatic carbocycles. The summed E-state index contributed by atoms with van der Waals surface area (Å²) in [5.41, 5.74) is 2.85. The molecule has 5 nitrogen and oxygen atoms in total. The van der Waals surface area contributed by atoms with Crippen LogP contribution in [0.25, 0.3) is 43.1 Å². The summed E-state index contributed by atoms with van der Waals surface area (Å²) >= 11 is 0. The zero-order valence-electron chi connectivity index (χ0n) is 32.1. The summed E-state index contributed by atoms with van der Waals surface area (Å²) in [6, 6.07) is 38.9. The van der Waals surface area contributed by atoms with Gasteiger partial charge >= 0.3 is 0 Å². The van der Waals surface area contributed by atoms with Crippen molar-refractivity contribution in [1.29, 1.82) is 0 Å². The first-order valence-electron chi connectivity index (χ1n) is 17.8. The smallest absolute Gasteiger partial charge is 0.0319 e. The van der Waals surface area contributed by atoms with E-state index in [1.54, 1.807) is 12.5 Å². The van der Waals surface area contributed by atoms with E-state index in [9.17, 15) is 9.59 Å². The number of aliphatic hydroxyl groups is 1. The van der Waals surface area contributed by atoms with Gasteiger partial charge in [0.2, 0.25) is 0 Å². The zero-order valence-corrected chi connectivity index (χ0v) is 37.8. The van der Waals surface area contributed by atoms with Crippen molar-refractivity contribution in [3.63, 3.8) is 0 Å². The van der Waals surface area contributed by atoms with E-state index in [2.05, 4.69) is 148 Å². The first-order valence-corrected chi connectivity index (χ1v) is 17.8. The molecule has 0 aliphatic carbocycles. The first kappa shape index (κ1) is 51.1. The van der Waals surface area contributed by atoms with Crippen LogP contribution in [-0.2, 0) is 87.8 Å². The van der Waals surface area contributed by atoms with E-state index in [-0.39, 0.29) is 65.4 Å². The van der Waals surface area contributed by atoms with Gasteiger partial charge in [-0.05, 0) is 79.2 Å². The predicted molar refractivity (Wildman–Crippen MR) is 225 cm³/mol. The third-order valence-electron chi connectivity index (χ3n) is 8.19. The monoisotopic (exact) mass is 872 g/mol. The second-order valence-electron chi connectivity index (χ2n) is 11.7. The molecule has 280 valence electrons. The Hall–Kier alpha value is -2.89. The van der Waals surface area contributed by atoms with Crippen LogP contribution in [0.4, 0.5) is 0 Å². The maximum Gasteiger partial charge on any atom is 0.0319 e. The van der Waals surface area contributed by atoms with Crippen molar-refractivity contribution in [1.82, 2.24) is 10.2 Å². The van der Waals surface area contributed by atoms with Crippen molar-refractivity contribution in [2.24, 2.45) is 0 Å². The van der Waals surface area contributed by atoms with Gasteiger partial charge in [0, 0.05) is 85.6 Å². The van der Waals surface area contributed by atoms with Crippen LogP contribution in [0.5, 0.6) is 0 Å². The molecule has 0 atom stereocenters. The average molecular weight is 873 g/mol. The van der Waals surface area contributed by atoms with E-state index in [4.69, 9.17) is 5.11 Å². The van der Waals surface area contributed by atoms with Crippen LogP contribution in [0.3, 0.4) is 0 Å². The van der Waals surface area contributed by atoms with Crippen LogP contribution in [-0.4, -0.2) is 56.0 Å². The van der Waals surface area contributed by atoms with E-state index in [1.165, 1.54) is 65.5 Å². The summed E-state index contributed by atoms with van der Waals surface area (Å²) in [7, 11) is 1.00. The number of nitrogens with zero attached hydrogens (tertiary/aromatic N) is 1. The molecule has 0 aromatic heterocycles. The Morgan fingerprint density at radius 2 is 1.09 bits per heavy atom. The number of aryl methyl sites for hydroxylation is 2. The van der Waals surface area contributed by atoms with Crippen LogP contribution in [0.2, 0.25) is 0 Å². The third kappa shape index (κ3) is 16.5. The minimum absolute atomic E-state index is 0.